The van der Waals surface area contributed by atoms with Crippen LogP contribution in [-0.2, 0) is 4.79 Å². The van der Waals surface area contributed by atoms with E-state index in [9.17, 15) is 9.59 Å². The van der Waals surface area contributed by atoms with E-state index in [2.05, 4.69) is 19.2 Å². The van der Waals surface area contributed by atoms with Crippen LogP contribution in [0.5, 0.6) is 0 Å². The molecule has 1 aromatic carbocycles. The lowest BCUT2D eigenvalue weighted by Gasteiger charge is -2.35. The average molecular weight is 331 g/mol. The number of amides is 2. The molecule has 2 amide bonds. The molecule has 3 unspecified atom stereocenters. The van der Waals surface area contributed by atoms with Crippen molar-refractivity contribution >= 4 is 17.5 Å². The fourth-order valence-electron chi connectivity index (χ4n) is 3.26. The molecule has 0 radical (unpaired) electrons. The Balaban J connectivity index is 2.17. The van der Waals surface area contributed by atoms with Crippen LogP contribution in [0.15, 0.2) is 18.2 Å². The number of piperidine rings is 1. The molecule has 2 rings (SSSR count). The molecule has 5 heteroatoms. The van der Waals surface area contributed by atoms with Crippen molar-refractivity contribution in [1.29, 1.82) is 0 Å². The Kier molecular flexibility index (Phi) is 5.99. The van der Waals surface area contributed by atoms with E-state index in [4.69, 9.17) is 5.73 Å². The lowest BCUT2D eigenvalue weighted by molar-refractivity contribution is -0.119. The summed E-state index contributed by atoms with van der Waals surface area (Å²) in [6.45, 7) is 9.97. The van der Waals surface area contributed by atoms with E-state index in [0.29, 0.717) is 29.6 Å². The number of anilines is 1. The summed E-state index contributed by atoms with van der Waals surface area (Å²) in [6.07, 6.45) is 1.16. The van der Waals surface area contributed by atoms with Crippen LogP contribution in [0, 0.1) is 24.7 Å². The molecule has 1 aliphatic rings. The van der Waals surface area contributed by atoms with Crippen LogP contribution in [0.1, 0.15) is 43.1 Å². The van der Waals surface area contributed by atoms with Gasteiger partial charge < -0.3 is 16.0 Å². The first-order valence-electron chi connectivity index (χ1n) is 8.72. The largest absolute Gasteiger partial charge is 0.338 e. The molecule has 1 aliphatic heterocycles. The van der Waals surface area contributed by atoms with Crippen LogP contribution in [0.4, 0.5) is 5.69 Å². The first-order valence-corrected chi connectivity index (χ1v) is 8.72. The number of carbonyl (C=O) groups excluding carboxylic acids is 2. The Morgan fingerprint density at radius 3 is 2.50 bits per heavy atom. The van der Waals surface area contributed by atoms with E-state index < -0.39 is 0 Å². The number of nitrogens with one attached hydrogen (secondary N) is 1. The SMILES string of the molecule is Cc1ccc(C(=O)N2CC(C)CC(C)C2)cc1NC(=O)C(C)CN. The summed E-state index contributed by atoms with van der Waals surface area (Å²) in [4.78, 5) is 26.8. The molecule has 0 aliphatic carbocycles. The maximum Gasteiger partial charge on any atom is 0.253 e. The number of hydrogen-bond donors (Lipinski definition) is 2. The van der Waals surface area contributed by atoms with Crippen LogP contribution in [-0.4, -0.2) is 36.3 Å². The second-order valence-corrected chi connectivity index (χ2v) is 7.31. The van der Waals surface area contributed by atoms with Crippen LogP contribution in [0.2, 0.25) is 0 Å². The summed E-state index contributed by atoms with van der Waals surface area (Å²) in [5, 5.41) is 2.89. The molecule has 24 heavy (non-hydrogen) atoms. The maximum absolute atomic E-state index is 12.8. The number of likely N-dealkylation sites (tertiary alicyclic amines) is 1. The fourth-order valence-corrected chi connectivity index (χ4v) is 3.26. The van der Waals surface area contributed by atoms with Gasteiger partial charge in [0.25, 0.3) is 5.91 Å². The number of rotatable bonds is 4. The number of benzene rings is 1. The number of nitrogens with two attached hydrogens (primary N) is 1. The highest BCUT2D eigenvalue weighted by Crippen LogP contribution is 2.24. The zero-order valence-corrected chi connectivity index (χ0v) is 15.1. The Labute approximate surface area is 144 Å². The average Bonchev–Trinajstić information content (AvgIpc) is 2.54. The molecule has 0 aromatic heterocycles. The zero-order valence-electron chi connectivity index (χ0n) is 15.1. The predicted octanol–water partition coefficient (Wildman–Crippen LogP) is 2.65. The summed E-state index contributed by atoms with van der Waals surface area (Å²) in [6, 6.07) is 5.50. The van der Waals surface area contributed by atoms with Crippen LogP contribution >= 0.6 is 0 Å². The summed E-state index contributed by atoms with van der Waals surface area (Å²) in [7, 11) is 0. The maximum atomic E-state index is 12.8. The highest BCUT2D eigenvalue weighted by Gasteiger charge is 2.26. The van der Waals surface area contributed by atoms with Gasteiger partial charge in [-0.2, -0.15) is 0 Å². The van der Waals surface area contributed by atoms with Crippen molar-refractivity contribution in [3.05, 3.63) is 29.3 Å². The standard InChI is InChI=1S/C19H29N3O2/c1-12-7-13(2)11-22(10-12)19(24)16-6-5-14(3)17(8-16)21-18(23)15(4)9-20/h5-6,8,12-13,15H,7,9-11,20H2,1-4H3,(H,21,23). The zero-order chi connectivity index (χ0) is 17.9. The molecule has 0 bridgehead atoms. The summed E-state index contributed by atoms with van der Waals surface area (Å²) < 4.78 is 0. The Morgan fingerprint density at radius 2 is 1.92 bits per heavy atom. The molecule has 0 saturated carbocycles. The summed E-state index contributed by atoms with van der Waals surface area (Å²) in [5.74, 6) is 0.703. The van der Waals surface area contributed by atoms with Crippen LogP contribution < -0.4 is 11.1 Å². The lowest BCUT2D eigenvalue weighted by atomic mass is 9.91. The normalized spacial score (nSPS) is 22.1. The van der Waals surface area contributed by atoms with E-state index in [1.54, 1.807) is 13.0 Å². The van der Waals surface area contributed by atoms with Crippen LogP contribution in [0.3, 0.4) is 0 Å². The third-order valence-electron chi connectivity index (χ3n) is 4.70. The Hall–Kier alpha value is -1.88. The van der Waals surface area contributed by atoms with Crippen molar-refractivity contribution in [2.75, 3.05) is 25.0 Å². The molecule has 3 N–H and O–H groups in total. The minimum absolute atomic E-state index is 0.0378. The third kappa shape index (κ3) is 4.35. The first kappa shape index (κ1) is 18.5. The monoisotopic (exact) mass is 331 g/mol. The smallest absolute Gasteiger partial charge is 0.253 e. The molecule has 132 valence electrons. The molecular formula is C19H29N3O2. The fraction of sp³-hybridized carbons (Fsp3) is 0.579. The summed E-state index contributed by atoms with van der Waals surface area (Å²) in [5.41, 5.74) is 7.79. The highest BCUT2D eigenvalue weighted by atomic mass is 16.2. The van der Waals surface area contributed by atoms with Crippen molar-refractivity contribution in [3.8, 4) is 0 Å². The number of hydrogen-bond acceptors (Lipinski definition) is 3. The van der Waals surface area contributed by atoms with Gasteiger partial charge in [0, 0.05) is 36.8 Å². The van der Waals surface area contributed by atoms with Crippen molar-refractivity contribution < 1.29 is 9.59 Å². The van der Waals surface area contributed by atoms with Gasteiger partial charge in [-0.05, 0) is 42.9 Å². The third-order valence-corrected chi connectivity index (χ3v) is 4.70. The topological polar surface area (TPSA) is 75.4 Å². The van der Waals surface area contributed by atoms with Gasteiger partial charge in [0.2, 0.25) is 5.91 Å². The number of nitrogens with zero attached hydrogens (tertiary/aromatic N) is 1. The molecular weight excluding hydrogens is 302 g/mol. The minimum atomic E-state index is -0.257. The van der Waals surface area contributed by atoms with Gasteiger partial charge in [0.1, 0.15) is 0 Å². The number of aryl methyl sites for hydroxylation is 1. The van der Waals surface area contributed by atoms with E-state index in [1.807, 2.05) is 24.0 Å². The Morgan fingerprint density at radius 1 is 1.29 bits per heavy atom. The molecule has 1 fully saturated rings. The first-order chi connectivity index (χ1) is 11.3. The quantitative estimate of drug-likeness (QED) is 0.890. The molecule has 1 heterocycles. The molecule has 1 saturated heterocycles. The van der Waals surface area contributed by atoms with Gasteiger partial charge in [0.05, 0.1) is 0 Å². The van der Waals surface area contributed by atoms with Gasteiger partial charge in [-0.1, -0.05) is 26.8 Å². The minimum Gasteiger partial charge on any atom is -0.338 e. The number of carbonyl (C=O) groups is 2. The predicted molar refractivity (Wildman–Crippen MR) is 96.9 cm³/mol. The second-order valence-electron chi connectivity index (χ2n) is 7.31. The van der Waals surface area contributed by atoms with E-state index in [1.165, 1.54) is 0 Å². The van der Waals surface area contributed by atoms with Gasteiger partial charge in [0.15, 0.2) is 0 Å². The highest BCUT2D eigenvalue weighted by molar-refractivity contribution is 5.98. The van der Waals surface area contributed by atoms with Crippen molar-refractivity contribution in [2.45, 2.75) is 34.1 Å². The van der Waals surface area contributed by atoms with E-state index in [0.717, 1.165) is 25.1 Å². The summed E-state index contributed by atoms with van der Waals surface area (Å²) >= 11 is 0. The van der Waals surface area contributed by atoms with Gasteiger partial charge in [-0.15, -0.1) is 0 Å². The molecule has 3 atom stereocenters. The lowest BCUT2D eigenvalue weighted by Crippen LogP contribution is -2.42. The van der Waals surface area contributed by atoms with Gasteiger partial charge in [-0.3, -0.25) is 9.59 Å². The molecule has 0 spiro atoms. The van der Waals surface area contributed by atoms with Crippen LogP contribution in [0.25, 0.3) is 0 Å². The molecule has 5 nitrogen and oxygen atoms in total. The van der Waals surface area contributed by atoms with Gasteiger partial charge >= 0.3 is 0 Å². The van der Waals surface area contributed by atoms with E-state index in [-0.39, 0.29) is 17.7 Å². The molecule has 1 aromatic rings. The second kappa shape index (κ2) is 7.79. The van der Waals surface area contributed by atoms with Gasteiger partial charge in [-0.25, -0.2) is 0 Å². The van der Waals surface area contributed by atoms with Crippen molar-refractivity contribution in [1.82, 2.24) is 4.90 Å². The van der Waals surface area contributed by atoms with E-state index >= 15 is 0 Å². The van der Waals surface area contributed by atoms with Crippen molar-refractivity contribution in [2.24, 2.45) is 23.5 Å². The van der Waals surface area contributed by atoms with Crippen molar-refractivity contribution in [3.63, 3.8) is 0 Å². The Bertz CT molecular complexity index is 605.